The lowest BCUT2D eigenvalue weighted by Gasteiger charge is -2.14. The lowest BCUT2D eigenvalue weighted by Crippen LogP contribution is -2.22. The van der Waals surface area contributed by atoms with Gasteiger partial charge in [0.2, 0.25) is 5.91 Å². The maximum Gasteiger partial charge on any atom is 0.237 e. The molecule has 0 fully saturated rings. The Labute approximate surface area is 127 Å². The number of hydrogen-bond donors (Lipinski definition) is 1. The number of thioether (sulfide) groups is 1. The molecule has 1 unspecified atom stereocenters. The molecule has 0 aliphatic heterocycles. The average Bonchev–Trinajstić information content (AvgIpc) is 2.50. The highest BCUT2D eigenvalue weighted by Crippen LogP contribution is 2.28. The van der Waals surface area contributed by atoms with Crippen molar-refractivity contribution in [2.24, 2.45) is 0 Å². The molecule has 0 radical (unpaired) electrons. The van der Waals surface area contributed by atoms with Crippen LogP contribution in [0.2, 0.25) is 0 Å². The zero-order chi connectivity index (χ0) is 15.2. The minimum Gasteiger partial charge on any atom is -0.495 e. The van der Waals surface area contributed by atoms with Crippen LogP contribution in [0.3, 0.4) is 0 Å². The normalized spacial score (nSPS) is 11.8. The van der Waals surface area contributed by atoms with Crippen LogP contribution in [0.4, 0.5) is 10.1 Å². The molecule has 2 rings (SSSR count). The van der Waals surface area contributed by atoms with Crippen LogP contribution in [-0.4, -0.2) is 18.3 Å². The van der Waals surface area contributed by atoms with Gasteiger partial charge in [-0.1, -0.05) is 24.3 Å². The van der Waals surface area contributed by atoms with Crippen molar-refractivity contribution in [1.29, 1.82) is 0 Å². The van der Waals surface area contributed by atoms with Gasteiger partial charge in [-0.05, 0) is 31.2 Å². The maximum atomic E-state index is 13.6. The predicted molar refractivity (Wildman–Crippen MR) is 83.3 cm³/mol. The summed E-state index contributed by atoms with van der Waals surface area (Å²) >= 11 is 1.18. The van der Waals surface area contributed by atoms with Crippen molar-refractivity contribution in [2.75, 3.05) is 12.4 Å². The molecule has 0 spiro atoms. The summed E-state index contributed by atoms with van der Waals surface area (Å²) in [6.45, 7) is 1.74. The fourth-order valence-electron chi connectivity index (χ4n) is 1.77. The topological polar surface area (TPSA) is 38.3 Å². The summed E-state index contributed by atoms with van der Waals surface area (Å²) in [6.07, 6.45) is 0. The van der Waals surface area contributed by atoms with Crippen LogP contribution in [-0.2, 0) is 4.79 Å². The Kier molecular flexibility index (Phi) is 5.22. The van der Waals surface area contributed by atoms with Crippen molar-refractivity contribution in [3.05, 3.63) is 54.3 Å². The van der Waals surface area contributed by atoms with E-state index in [-0.39, 0.29) is 11.7 Å². The van der Waals surface area contributed by atoms with Crippen LogP contribution in [0, 0.1) is 5.82 Å². The summed E-state index contributed by atoms with van der Waals surface area (Å²) in [4.78, 5) is 12.6. The van der Waals surface area contributed by atoms with Crippen molar-refractivity contribution >= 4 is 23.4 Å². The number of benzene rings is 2. The number of methoxy groups -OCH3 is 1. The molecule has 5 heteroatoms. The van der Waals surface area contributed by atoms with Crippen LogP contribution in [0.5, 0.6) is 5.75 Å². The van der Waals surface area contributed by atoms with Crippen molar-refractivity contribution in [2.45, 2.75) is 17.1 Å². The van der Waals surface area contributed by atoms with Gasteiger partial charge in [0.05, 0.1) is 18.0 Å². The molecule has 0 aromatic heterocycles. The number of para-hydroxylation sites is 2. The number of ether oxygens (including phenoxy) is 1. The number of anilines is 1. The smallest absolute Gasteiger partial charge is 0.237 e. The third kappa shape index (κ3) is 3.98. The summed E-state index contributed by atoms with van der Waals surface area (Å²) in [5.74, 6) is 0.0705. The third-order valence-corrected chi connectivity index (χ3v) is 4.03. The SMILES string of the molecule is COc1ccccc1NC(=O)C(C)Sc1ccccc1F. The van der Waals surface area contributed by atoms with Gasteiger partial charge in [-0.25, -0.2) is 4.39 Å². The molecule has 21 heavy (non-hydrogen) atoms. The van der Waals surface area contributed by atoms with E-state index < -0.39 is 5.25 Å². The summed E-state index contributed by atoms with van der Waals surface area (Å²) in [7, 11) is 1.54. The van der Waals surface area contributed by atoms with Gasteiger partial charge in [0.1, 0.15) is 11.6 Å². The van der Waals surface area contributed by atoms with E-state index in [1.54, 1.807) is 44.4 Å². The first-order chi connectivity index (χ1) is 10.1. The third-order valence-electron chi connectivity index (χ3n) is 2.87. The van der Waals surface area contributed by atoms with Gasteiger partial charge in [0.25, 0.3) is 0 Å². The predicted octanol–water partition coefficient (Wildman–Crippen LogP) is 3.95. The molecule has 0 aliphatic carbocycles. The van der Waals surface area contributed by atoms with Gasteiger partial charge in [-0.2, -0.15) is 0 Å². The first kappa shape index (κ1) is 15.4. The molecule has 110 valence electrons. The highest BCUT2D eigenvalue weighted by Gasteiger charge is 2.17. The first-order valence-electron chi connectivity index (χ1n) is 6.47. The van der Waals surface area contributed by atoms with Gasteiger partial charge in [-0.15, -0.1) is 11.8 Å². The second-order valence-corrected chi connectivity index (χ2v) is 5.76. The summed E-state index contributed by atoms with van der Waals surface area (Å²) in [6, 6.07) is 13.6. The number of hydrogen-bond acceptors (Lipinski definition) is 3. The van der Waals surface area contributed by atoms with E-state index in [9.17, 15) is 9.18 Å². The first-order valence-corrected chi connectivity index (χ1v) is 7.35. The van der Waals surface area contributed by atoms with Gasteiger partial charge >= 0.3 is 0 Å². The fourth-order valence-corrected chi connectivity index (χ4v) is 2.65. The molecule has 0 bridgehead atoms. The Morgan fingerprint density at radius 3 is 2.57 bits per heavy atom. The van der Waals surface area contributed by atoms with Gasteiger partial charge in [0.15, 0.2) is 0 Å². The Morgan fingerprint density at radius 1 is 1.19 bits per heavy atom. The molecule has 0 heterocycles. The van der Waals surface area contributed by atoms with E-state index >= 15 is 0 Å². The lowest BCUT2D eigenvalue weighted by molar-refractivity contribution is -0.115. The second kappa shape index (κ2) is 7.13. The highest BCUT2D eigenvalue weighted by molar-refractivity contribution is 8.00. The number of halogens is 1. The van der Waals surface area contributed by atoms with E-state index in [1.807, 2.05) is 12.1 Å². The largest absolute Gasteiger partial charge is 0.495 e. The van der Waals surface area contributed by atoms with Crippen LogP contribution in [0.1, 0.15) is 6.92 Å². The number of carbonyl (C=O) groups is 1. The van der Waals surface area contributed by atoms with Crippen LogP contribution in [0.15, 0.2) is 53.4 Å². The van der Waals surface area contributed by atoms with Crippen molar-refractivity contribution < 1.29 is 13.9 Å². The van der Waals surface area contributed by atoms with Crippen molar-refractivity contribution in [3.8, 4) is 5.75 Å². The Balaban J connectivity index is 2.05. The Morgan fingerprint density at radius 2 is 1.86 bits per heavy atom. The molecule has 2 aromatic carbocycles. The van der Waals surface area contributed by atoms with E-state index in [4.69, 9.17) is 4.74 Å². The highest BCUT2D eigenvalue weighted by atomic mass is 32.2. The molecular formula is C16H16FNO2S. The zero-order valence-electron chi connectivity index (χ0n) is 11.8. The van der Waals surface area contributed by atoms with Crippen molar-refractivity contribution in [3.63, 3.8) is 0 Å². The van der Waals surface area contributed by atoms with Crippen LogP contribution < -0.4 is 10.1 Å². The van der Waals surface area contributed by atoms with E-state index in [2.05, 4.69) is 5.32 Å². The standard InChI is InChI=1S/C16H16FNO2S/c1-11(21-15-10-6-3-7-12(15)17)16(19)18-13-8-4-5-9-14(13)20-2/h3-11H,1-2H3,(H,18,19). The molecule has 1 amide bonds. The molecule has 1 N–H and O–H groups in total. The minimum atomic E-state index is -0.424. The zero-order valence-corrected chi connectivity index (χ0v) is 12.6. The molecule has 1 atom stereocenters. The quantitative estimate of drug-likeness (QED) is 0.850. The van der Waals surface area contributed by atoms with E-state index in [1.165, 1.54) is 17.8 Å². The summed E-state index contributed by atoms with van der Waals surface area (Å²) in [5, 5.41) is 2.37. The molecule has 3 nitrogen and oxygen atoms in total. The van der Waals surface area contributed by atoms with E-state index in [0.29, 0.717) is 16.3 Å². The molecule has 0 aliphatic rings. The molecule has 0 saturated heterocycles. The van der Waals surface area contributed by atoms with Crippen molar-refractivity contribution in [1.82, 2.24) is 0 Å². The summed E-state index contributed by atoms with van der Waals surface area (Å²) in [5.41, 5.74) is 0.603. The molecule has 2 aromatic rings. The van der Waals surface area contributed by atoms with Gasteiger partial charge in [-0.3, -0.25) is 4.79 Å². The number of nitrogens with one attached hydrogen (secondary N) is 1. The lowest BCUT2D eigenvalue weighted by atomic mass is 10.3. The summed E-state index contributed by atoms with van der Waals surface area (Å²) < 4.78 is 18.8. The minimum absolute atomic E-state index is 0.201. The number of amides is 1. The Bertz CT molecular complexity index is 633. The average molecular weight is 305 g/mol. The van der Waals surface area contributed by atoms with Gasteiger partial charge in [0, 0.05) is 4.90 Å². The fraction of sp³-hybridized carbons (Fsp3) is 0.188. The monoisotopic (exact) mass is 305 g/mol. The number of carbonyl (C=O) groups excluding carboxylic acids is 1. The van der Waals surface area contributed by atoms with Crippen LogP contribution >= 0.6 is 11.8 Å². The van der Waals surface area contributed by atoms with Gasteiger partial charge < -0.3 is 10.1 Å². The van der Waals surface area contributed by atoms with E-state index in [0.717, 1.165) is 0 Å². The van der Waals surface area contributed by atoms with Crippen LogP contribution in [0.25, 0.3) is 0 Å². The Hall–Kier alpha value is -2.01. The number of rotatable bonds is 5. The molecular weight excluding hydrogens is 289 g/mol. The molecule has 0 saturated carbocycles. The second-order valence-electron chi connectivity index (χ2n) is 4.38. The maximum absolute atomic E-state index is 13.6.